The van der Waals surface area contributed by atoms with Gasteiger partial charge in [0.1, 0.15) is 0 Å². The molecule has 0 aromatic rings. The van der Waals surface area contributed by atoms with E-state index >= 15 is 0 Å². The third-order valence-corrected chi connectivity index (χ3v) is 1.88. The fraction of sp³-hybridized carbons (Fsp3) is 1.00. The quantitative estimate of drug-likeness (QED) is 0.651. The second-order valence-corrected chi connectivity index (χ2v) is 2.96. The first-order chi connectivity index (χ1) is 4.33. The summed E-state index contributed by atoms with van der Waals surface area (Å²) < 4.78 is 0. The molecule has 0 saturated heterocycles. The van der Waals surface area contributed by atoms with E-state index in [0.717, 1.165) is 12.3 Å². The van der Waals surface area contributed by atoms with E-state index in [4.69, 9.17) is 10.8 Å². The van der Waals surface area contributed by atoms with Crippen molar-refractivity contribution >= 4 is 12.4 Å². The molecular formula is C7H16ClNO. The highest BCUT2D eigenvalue weighted by Gasteiger charge is 2.21. The van der Waals surface area contributed by atoms with E-state index in [1.165, 1.54) is 19.3 Å². The zero-order valence-corrected chi connectivity index (χ0v) is 6.94. The van der Waals surface area contributed by atoms with Gasteiger partial charge in [0.05, 0.1) is 6.61 Å². The van der Waals surface area contributed by atoms with Crippen molar-refractivity contribution in [3.8, 4) is 0 Å². The van der Waals surface area contributed by atoms with Crippen LogP contribution in [0.25, 0.3) is 0 Å². The first kappa shape index (κ1) is 10.2. The highest BCUT2D eigenvalue weighted by molar-refractivity contribution is 5.85. The topological polar surface area (TPSA) is 46.2 Å². The number of hydrogen-bond acceptors (Lipinski definition) is 2. The van der Waals surface area contributed by atoms with E-state index < -0.39 is 0 Å². The molecule has 0 heterocycles. The van der Waals surface area contributed by atoms with Crippen molar-refractivity contribution in [1.82, 2.24) is 0 Å². The van der Waals surface area contributed by atoms with Crippen molar-refractivity contribution in [3.05, 3.63) is 0 Å². The van der Waals surface area contributed by atoms with Gasteiger partial charge in [-0.05, 0) is 18.8 Å². The lowest BCUT2D eigenvalue weighted by Gasteiger charge is -2.05. The molecule has 10 heavy (non-hydrogen) atoms. The van der Waals surface area contributed by atoms with Crippen molar-refractivity contribution in [3.63, 3.8) is 0 Å². The smallest absolute Gasteiger partial charge is 0.0582 e. The van der Waals surface area contributed by atoms with Gasteiger partial charge in [0.15, 0.2) is 0 Å². The molecular weight excluding hydrogens is 150 g/mol. The van der Waals surface area contributed by atoms with Crippen LogP contribution in [0, 0.1) is 5.92 Å². The largest absolute Gasteiger partial charge is 0.395 e. The summed E-state index contributed by atoms with van der Waals surface area (Å²) in [6.45, 7) is 0.146. The van der Waals surface area contributed by atoms with E-state index in [0.29, 0.717) is 0 Å². The van der Waals surface area contributed by atoms with Gasteiger partial charge in [-0.3, -0.25) is 0 Å². The fourth-order valence-corrected chi connectivity index (χ4v) is 0.948. The Morgan fingerprint density at radius 1 is 1.50 bits per heavy atom. The van der Waals surface area contributed by atoms with E-state index in [1.54, 1.807) is 0 Å². The molecule has 1 fully saturated rings. The maximum Gasteiger partial charge on any atom is 0.0582 e. The van der Waals surface area contributed by atoms with Crippen LogP contribution in [0.5, 0.6) is 0 Å². The molecule has 0 aliphatic heterocycles. The highest BCUT2D eigenvalue weighted by atomic mass is 35.5. The van der Waals surface area contributed by atoms with Crippen LogP contribution in [0.15, 0.2) is 0 Å². The van der Waals surface area contributed by atoms with Crippen molar-refractivity contribution in [2.75, 3.05) is 6.61 Å². The Hall–Kier alpha value is 0.210. The van der Waals surface area contributed by atoms with Gasteiger partial charge in [-0.15, -0.1) is 12.4 Å². The molecule has 0 radical (unpaired) electrons. The van der Waals surface area contributed by atoms with Gasteiger partial charge < -0.3 is 10.8 Å². The zero-order chi connectivity index (χ0) is 6.69. The Morgan fingerprint density at radius 2 is 2.10 bits per heavy atom. The Kier molecular flexibility index (Phi) is 5.04. The van der Waals surface area contributed by atoms with Crippen LogP contribution < -0.4 is 5.73 Å². The Bertz CT molecular complexity index is 85.7. The normalized spacial score (nSPS) is 19.8. The van der Waals surface area contributed by atoms with Crippen LogP contribution in [0.1, 0.15) is 25.7 Å². The van der Waals surface area contributed by atoms with Crippen molar-refractivity contribution in [1.29, 1.82) is 0 Å². The zero-order valence-electron chi connectivity index (χ0n) is 6.12. The molecule has 1 rings (SSSR count). The Morgan fingerprint density at radius 3 is 2.50 bits per heavy atom. The van der Waals surface area contributed by atoms with Crippen LogP contribution in [-0.2, 0) is 0 Å². The summed E-state index contributed by atoms with van der Waals surface area (Å²) in [6, 6.07) is 0.0330. The molecule has 1 aliphatic carbocycles. The van der Waals surface area contributed by atoms with Gasteiger partial charge in [0.2, 0.25) is 0 Å². The molecule has 0 bridgehead atoms. The number of nitrogens with two attached hydrogens (primary N) is 1. The Labute approximate surface area is 68.2 Å². The van der Waals surface area contributed by atoms with E-state index in [-0.39, 0.29) is 25.1 Å². The van der Waals surface area contributed by atoms with Gasteiger partial charge >= 0.3 is 0 Å². The Balaban J connectivity index is 0.000000810. The number of aliphatic hydroxyl groups excluding tert-OH is 1. The van der Waals surface area contributed by atoms with E-state index in [1.807, 2.05) is 0 Å². The number of aliphatic hydroxyl groups is 1. The predicted molar refractivity (Wildman–Crippen MR) is 44.3 cm³/mol. The molecule has 3 N–H and O–H groups in total. The summed E-state index contributed by atoms with van der Waals surface area (Å²) in [5.41, 5.74) is 5.50. The average molecular weight is 166 g/mol. The number of rotatable bonds is 4. The van der Waals surface area contributed by atoms with Gasteiger partial charge in [-0.1, -0.05) is 12.8 Å². The van der Waals surface area contributed by atoms with Gasteiger partial charge in [-0.2, -0.15) is 0 Å². The lowest BCUT2D eigenvalue weighted by Crippen LogP contribution is -2.24. The third kappa shape index (κ3) is 4.09. The van der Waals surface area contributed by atoms with Crippen molar-refractivity contribution < 1.29 is 5.11 Å². The lowest BCUT2D eigenvalue weighted by molar-refractivity contribution is 0.257. The summed E-state index contributed by atoms with van der Waals surface area (Å²) in [7, 11) is 0. The summed E-state index contributed by atoms with van der Waals surface area (Å²) in [5.74, 6) is 0.947. The van der Waals surface area contributed by atoms with Crippen LogP contribution in [-0.4, -0.2) is 17.8 Å². The summed E-state index contributed by atoms with van der Waals surface area (Å²) in [5, 5.41) is 8.54. The summed E-state index contributed by atoms with van der Waals surface area (Å²) in [6.07, 6.45) is 5.00. The van der Waals surface area contributed by atoms with Crippen molar-refractivity contribution in [2.45, 2.75) is 31.7 Å². The number of hydrogen-bond donors (Lipinski definition) is 2. The van der Waals surface area contributed by atoms with Gasteiger partial charge in [0.25, 0.3) is 0 Å². The van der Waals surface area contributed by atoms with Crippen LogP contribution in [0.4, 0.5) is 0 Å². The predicted octanol–water partition coefficient (Wildman–Crippen LogP) is 0.918. The molecule has 0 spiro atoms. The third-order valence-electron chi connectivity index (χ3n) is 1.88. The minimum absolute atomic E-state index is 0. The SMILES string of the molecule is Cl.NC(CO)CCC1CC1. The first-order valence-corrected chi connectivity index (χ1v) is 3.69. The van der Waals surface area contributed by atoms with E-state index in [2.05, 4.69) is 0 Å². The number of halogens is 1. The second kappa shape index (κ2) is 4.94. The molecule has 0 aromatic carbocycles. The minimum Gasteiger partial charge on any atom is -0.395 e. The maximum atomic E-state index is 8.54. The summed E-state index contributed by atoms with van der Waals surface area (Å²) >= 11 is 0. The standard InChI is InChI=1S/C7H15NO.ClH/c8-7(5-9)4-3-6-1-2-6;/h6-7,9H,1-5,8H2;1H. The fourth-order valence-electron chi connectivity index (χ4n) is 0.948. The molecule has 1 unspecified atom stereocenters. The molecule has 2 nitrogen and oxygen atoms in total. The van der Waals surface area contributed by atoms with E-state index in [9.17, 15) is 0 Å². The van der Waals surface area contributed by atoms with Gasteiger partial charge in [0, 0.05) is 6.04 Å². The lowest BCUT2D eigenvalue weighted by atomic mass is 10.1. The van der Waals surface area contributed by atoms with Crippen molar-refractivity contribution in [2.24, 2.45) is 11.7 Å². The highest BCUT2D eigenvalue weighted by Crippen LogP contribution is 2.33. The maximum absolute atomic E-state index is 8.54. The molecule has 0 aromatic heterocycles. The van der Waals surface area contributed by atoms with Gasteiger partial charge in [-0.25, -0.2) is 0 Å². The molecule has 0 amide bonds. The van der Waals surface area contributed by atoms with Crippen LogP contribution in [0.2, 0.25) is 0 Å². The molecule has 1 aliphatic rings. The van der Waals surface area contributed by atoms with Crippen LogP contribution in [0.3, 0.4) is 0 Å². The minimum atomic E-state index is 0. The summed E-state index contributed by atoms with van der Waals surface area (Å²) in [4.78, 5) is 0. The molecule has 1 atom stereocenters. The molecule has 62 valence electrons. The molecule has 1 saturated carbocycles. The monoisotopic (exact) mass is 165 g/mol. The average Bonchev–Trinajstić information content (AvgIpc) is 2.65. The van der Waals surface area contributed by atoms with Crippen LogP contribution >= 0.6 is 12.4 Å². The molecule has 3 heteroatoms. The second-order valence-electron chi connectivity index (χ2n) is 2.96. The first-order valence-electron chi connectivity index (χ1n) is 3.69.